The van der Waals surface area contributed by atoms with Crippen molar-refractivity contribution in [3.63, 3.8) is 0 Å². The van der Waals surface area contributed by atoms with Gasteiger partial charge in [0.2, 0.25) is 5.91 Å². The van der Waals surface area contributed by atoms with Gasteiger partial charge < -0.3 is 10.0 Å². The van der Waals surface area contributed by atoms with Crippen molar-refractivity contribution in [2.45, 2.75) is 0 Å². The molecule has 19 heavy (non-hydrogen) atoms. The lowest BCUT2D eigenvalue weighted by atomic mass is 10.3. The molecule has 1 fully saturated rings. The molecule has 0 bridgehead atoms. The van der Waals surface area contributed by atoms with Gasteiger partial charge in [0.05, 0.1) is 6.61 Å². The van der Waals surface area contributed by atoms with Crippen LogP contribution in [0.3, 0.4) is 0 Å². The van der Waals surface area contributed by atoms with Crippen LogP contribution in [0.25, 0.3) is 6.08 Å². The summed E-state index contributed by atoms with van der Waals surface area (Å²) in [5.74, 6) is 0.0631. The first-order valence-electron chi connectivity index (χ1n) is 6.23. The molecule has 2 heterocycles. The molecule has 4 nitrogen and oxygen atoms in total. The predicted octanol–water partition coefficient (Wildman–Crippen LogP) is 1.66. The van der Waals surface area contributed by atoms with Crippen LogP contribution in [0.15, 0.2) is 22.0 Å². The maximum Gasteiger partial charge on any atom is 0.246 e. The van der Waals surface area contributed by atoms with E-state index in [1.165, 1.54) is 0 Å². The molecule has 1 aliphatic rings. The molecule has 2 rings (SSSR count). The van der Waals surface area contributed by atoms with E-state index in [9.17, 15) is 4.79 Å². The number of carbonyl (C=O) groups excluding carboxylic acids is 1. The zero-order valence-electron chi connectivity index (χ0n) is 10.6. The summed E-state index contributed by atoms with van der Waals surface area (Å²) < 4.78 is 1.04. The number of β-amino-alcohol motifs (C(OH)–C–C–N with tert-alkyl or cyclic N) is 1. The monoisotopic (exact) mass is 344 g/mol. The summed E-state index contributed by atoms with van der Waals surface area (Å²) in [5.41, 5.74) is 0. The minimum atomic E-state index is 0.0631. The second-order valence-corrected chi connectivity index (χ2v) is 6.25. The standard InChI is InChI=1S/C13H17BrN2O2S/c14-11-9-12(19-10-11)1-2-13(18)16-5-3-15(4-6-16)7-8-17/h1-2,9-10,17H,3-8H2. The zero-order valence-corrected chi connectivity index (χ0v) is 13.0. The van der Waals surface area contributed by atoms with Gasteiger partial charge in [-0.3, -0.25) is 9.69 Å². The molecule has 0 radical (unpaired) electrons. The van der Waals surface area contributed by atoms with E-state index in [1.807, 2.05) is 22.4 Å². The fourth-order valence-electron chi connectivity index (χ4n) is 2.01. The highest BCUT2D eigenvalue weighted by Crippen LogP contribution is 2.20. The number of nitrogens with zero attached hydrogens (tertiary/aromatic N) is 2. The van der Waals surface area contributed by atoms with Crippen molar-refractivity contribution >= 4 is 39.2 Å². The van der Waals surface area contributed by atoms with Gasteiger partial charge in [-0.05, 0) is 28.1 Å². The summed E-state index contributed by atoms with van der Waals surface area (Å²) in [6.07, 6.45) is 3.50. The molecule has 0 spiro atoms. The number of hydrogen-bond donors (Lipinski definition) is 1. The van der Waals surface area contributed by atoms with E-state index in [2.05, 4.69) is 20.8 Å². The second kappa shape index (κ2) is 7.19. The van der Waals surface area contributed by atoms with Gasteiger partial charge in [-0.15, -0.1) is 11.3 Å². The maximum absolute atomic E-state index is 12.0. The molecular weight excluding hydrogens is 328 g/mol. The summed E-state index contributed by atoms with van der Waals surface area (Å²) in [6.45, 7) is 4.02. The molecule has 0 saturated carbocycles. The van der Waals surface area contributed by atoms with Crippen LogP contribution in [0.1, 0.15) is 4.88 Å². The van der Waals surface area contributed by atoms with Crippen LogP contribution in [-0.4, -0.2) is 60.1 Å². The fraction of sp³-hybridized carbons (Fsp3) is 0.462. The number of aliphatic hydroxyl groups excluding tert-OH is 1. The Labute approximate surface area is 125 Å². The van der Waals surface area contributed by atoms with E-state index in [0.29, 0.717) is 6.54 Å². The third kappa shape index (κ3) is 4.42. The van der Waals surface area contributed by atoms with E-state index >= 15 is 0 Å². The summed E-state index contributed by atoms with van der Waals surface area (Å²) in [5, 5.41) is 10.9. The van der Waals surface area contributed by atoms with Crippen LogP contribution in [0.2, 0.25) is 0 Å². The Morgan fingerprint density at radius 3 is 2.74 bits per heavy atom. The van der Waals surface area contributed by atoms with Crippen molar-refractivity contribution in [3.8, 4) is 0 Å². The molecule has 104 valence electrons. The molecule has 1 aromatic rings. The zero-order chi connectivity index (χ0) is 13.7. The minimum Gasteiger partial charge on any atom is -0.395 e. The van der Waals surface area contributed by atoms with Crippen molar-refractivity contribution in [1.82, 2.24) is 9.80 Å². The Bertz CT molecular complexity index is 453. The number of amides is 1. The highest BCUT2D eigenvalue weighted by atomic mass is 79.9. The molecule has 6 heteroatoms. The Hall–Kier alpha value is -0.690. The van der Waals surface area contributed by atoms with E-state index < -0.39 is 0 Å². The number of thiophene rings is 1. The van der Waals surface area contributed by atoms with Gasteiger partial charge in [0.15, 0.2) is 0 Å². The number of aliphatic hydroxyl groups is 1. The summed E-state index contributed by atoms with van der Waals surface area (Å²) in [6, 6.07) is 1.99. The first-order valence-corrected chi connectivity index (χ1v) is 7.90. The van der Waals surface area contributed by atoms with Crippen LogP contribution in [0.4, 0.5) is 0 Å². The number of carbonyl (C=O) groups is 1. The van der Waals surface area contributed by atoms with Crippen molar-refractivity contribution in [3.05, 3.63) is 26.9 Å². The van der Waals surface area contributed by atoms with Gasteiger partial charge >= 0.3 is 0 Å². The molecule has 0 unspecified atom stereocenters. The van der Waals surface area contributed by atoms with E-state index in [4.69, 9.17) is 5.11 Å². The summed E-state index contributed by atoms with van der Waals surface area (Å²) >= 11 is 5.00. The Balaban J connectivity index is 1.83. The summed E-state index contributed by atoms with van der Waals surface area (Å²) in [4.78, 5) is 17.1. The molecular formula is C13H17BrN2O2S. The van der Waals surface area contributed by atoms with Crippen molar-refractivity contribution < 1.29 is 9.90 Å². The van der Waals surface area contributed by atoms with Gasteiger partial charge in [-0.1, -0.05) is 0 Å². The number of hydrogen-bond acceptors (Lipinski definition) is 4. The van der Waals surface area contributed by atoms with Crippen LogP contribution in [0, 0.1) is 0 Å². The van der Waals surface area contributed by atoms with Crippen molar-refractivity contribution in [2.24, 2.45) is 0 Å². The lowest BCUT2D eigenvalue weighted by molar-refractivity contribution is -0.127. The molecule has 0 atom stereocenters. The van der Waals surface area contributed by atoms with Gasteiger partial charge in [-0.25, -0.2) is 0 Å². The van der Waals surface area contributed by atoms with Gasteiger partial charge in [0.1, 0.15) is 0 Å². The quantitative estimate of drug-likeness (QED) is 0.845. The molecule has 0 aromatic carbocycles. The van der Waals surface area contributed by atoms with E-state index in [1.54, 1.807) is 17.4 Å². The van der Waals surface area contributed by atoms with Gasteiger partial charge in [0, 0.05) is 53.5 Å². The van der Waals surface area contributed by atoms with Crippen LogP contribution in [0.5, 0.6) is 0 Å². The van der Waals surface area contributed by atoms with Gasteiger partial charge in [-0.2, -0.15) is 0 Å². The Morgan fingerprint density at radius 2 is 2.16 bits per heavy atom. The fourth-order valence-corrected chi connectivity index (χ4v) is 3.34. The van der Waals surface area contributed by atoms with E-state index in [0.717, 1.165) is 35.5 Å². The predicted molar refractivity (Wildman–Crippen MR) is 81.2 cm³/mol. The Morgan fingerprint density at radius 1 is 1.42 bits per heavy atom. The highest BCUT2D eigenvalue weighted by Gasteiger charge is 2.18. The van der Waals surface area contributed by atoms with Crippen molar-refractivity contribution in [1.29, 1.82) is 0 Å². The third-order valence-electron chi connectivity index (χ3n) is 3.08. The topological polar surface area (TPSA) is 43.8 Å². The maximum atomic E-state index is 12.0. The lowest BCUT2D eigenvalue weighted by Gasteiger charge is -2.33. The molecule has 0 aliphatic carbocycles. The second-order valence-electron chi connectivity index (χ2n) is 4.39. The highest BCUT2D eigenvalue weighted by molar-refractivity contribution is 9.10. The number of piperazine rings is 1. The average molecular weight is 345 g/mol. The van der Waals surface area contributed by atoms with Crippen LogP contribution in [-0.2, 0) is 4.79 Å². The summed E-state index contributed by atoms with van der Waals surface area (Å²) in [7, 11) is 0. The molecule has 1 aromatic heterocycles. The normalized spacial score (nSPS) is 17.3. The molecule has 1 aliphatic heterocycles. The van der Waals surface area contributed by atoms with Crippen LogP contribution < -0.4 is 0 Å². The minimum absolute atomic E-state index is 0.0631. The SMILES string of the molecule is O=C(C=Cc1cc(Br)cs1)N1CCN(CCO)CC1. The average Bonchev–Trinajstić information content (AvgIpc) is 2.83. The molecule has 1 saturated heterocycles. The number of halogens is 1. The van der Waals surface area contributed by atoms with E-state index in [-0.39, 0.29) is 12.5 Å². The largest absolute Gasteiger partial charge is 0.395 e. The Kier molecular flexibility index (Phi) is 5.57. The lowest BCUT2D eigenvalue weighted by Crippen LogP contribution is -2.48. The molecule has 1 amide bonds. The van der Waals surface area contributed by atoms with Crippen LogP contribution >= 0.6 is 27.3 Å². The smallest absolute Gasteiger partial charge is 0.246 e. The van der Waals surface area contributed by atoms with Crippen molar-refractivity contribution in [2.75, 3.05) is 39.3 Å². The first kappa shape index (κ1) is 14.7. The molecule has 1 N–H and O–H groups in total. The number of rotatable bonds is 4. The van der Waals surface area contributed by atoms with Gasteiger partial charge in [0.25, 0.3) is 0 Å². The first-order chi connectivity index (χ1) is 9.19. The third-order valence-corrected chi connectivity index (χ3v) is 4.74.